The van der Waals surface area contributed by atoms with Crippen molar-refractivity contribution in [3.63, 3.8) is 0 Å². The minimum atomic E-state index is -0.611. The number of hydrogen-bond donors (Lipinski definition) is 1. The highest BCUT2D eigenvalue weighted by atomic mass is 35.5. The molecule has 3 aliphatic heterocycles. The number of amides is 3. The Hall–Kier alpha value is -2.14. The molecule has 3 amide bonds. The molecule has 8 nitrogen and oxygen atoms in total. The second kappa shape index (κ2) is 9.85. The van der Waals surface area contributed by atoms with Crippen LogP contribution in [0.5, 0.6) is 5.06 Å². The van der Waals surface area contributed by atoms with Gasteiger partial charge in [0.15, 0.2) is 5.06 Å². The van der Waals surface area contributed by atoms with Crippen molar-refractivity contribution in [1.29, 1.82) is 0 Å². The summed E-state index contributed by atoms with van der Waals surface area (Å²) in [7, 11) is 2.12. The zero-order valence-electron chi connectivity index (χ0n) is 18.9. The normalized spacial score (nSPS) is 22.6. The topological polar surface area (TPSA) is 82.2 Å². The van der Waals surface area contributed by atoms with Crippen molar-refractivity contribution in [2.75, 3.05) is 39.8 Å². The largest absolute Gasteiger partial charge is 0.413 e. The maximum Gasteiger partial charge on any atom is 0.413 e. The number of nitrogens with one attached hydrogen (secondary N) is 1. The molecule has 0 unspecified atom stereocenters. The molecule has 0 bridgehead atoms. The highest BCUT2D eigenvalue weighted by molar-refractivity contribution is 7.17. The fraction of sp³-hybridized carbons (Fsp3) is 0.522. The lowest BCUT2D eigenvalue weighted by Gasteiger charge is -2.35. The Bertz CT molecular complexity index is 1070. The van der Waals surface area contributed by atoms with Crippen LogP contribution in [0.15, 0.2) is 18.2 Å². The van der Waals surface area contributed by atoms with Crippen molar-refractivity contribution in [2.24, 2.45) is 0 Å². The standard InChI is InChI=1S/C23H27ClN4O4S2/c1-26-9-5-14-11-18(33-17(14)6-10-26)22(30)28-13-15(12-16(28)21(29)27-7-2-8-27)25-23(31)32-20-4-3-19(24)34-20/h3-4,11,15-16H,2,5-10,12-13H2,1H3,(H,25,31)/t15-,16+/m0/s1. The molecule has 0 aliphatic carbocycles. The van der Waals surface area contributed by atoms with E-state index in [0.29, 0.717) is 20.7 Å². The molecule has 5 rings (SSSR count). The van der Waals surface area contributed by atoms with Gasteiger partial charge in [0.2, 0.25) is 5.91 Å². The lowest BCUT2D eigenvalue weighted by atomic mass is 10.1. The lowest BCUT2D eigenvalue weighted by Crippen LogP contribution is -2.52. The summed E-state index contributed by atoms with van der Waals surface area (Å²) in [4.78, 5) is 46.8. The number of halogens is 1. The summed E-state index contributed by atoms with van der Waals surface area (Å²) in [6, 6.07) is 4.34. The fourth-order valence-corrected chi connectivity index (χ4v) is 6.67. The first-order valence-electron chi connectivity index (χ1n) is 11.5. The van der Waals surface area contributed by atoms with Gasteiger partial charge in [-0.1, -0.05) is 22.9 Å². The van der Waals surface area contributed by atoms with Crippen LogP contribution in [0.3, 0.4) is 0 Å². The molecule has 2 aromatic rings. The first-order valence-corrected chi connectivity index (χ1v) is 13.5. The molecule has 0 saturated carbocycles. The highest BCUT2D eigenvalue weighted by Crippen LogP contribution is 2.31. The first kappa shape index (κ1) is 23.6. The monoisotopic (exact) mass is 522 g/mol. The Balaban J connectivity index is 1.30. The van der Waals surface area contributed by atoms with Crippen LogP contribution < -0.4 is 10.1 Å². The van der Waals surface area contributed by atoms with E-state index in [0.717, 1.165) is 45.4 Å². The molecule has 3 aliphatic rings. The minimum Gasteiger partial charge on any atom is -0.399 e. The smallest absolute Gasteiger partial charge is 0.399 e. The van der Waals surface area contributed by atoms with E-state index in [2.05, 4.69) is 17.3 Å². The van der Waals surface area contributed by atoms with Crippen LogP contribution in [0, 0.1) is 0 Å². The number of rotatable bonds is 4. The van der Waals surface area contributed by atoms with Crippen molar-refractivity contribution in [3.8, 4) is 5.06 Å². The number of fused-ring (bicyclic) bond motifs is 1. The van der Waals surface area contributed by atoms with Gasteiger partial charge < -0.3 is 24.8 Å². The summed E-state index contributed by atoms with van der Waals surface area (Å²) in [6.45, 7) is 3.66. The summed E-state index contributed by atoms with van der Waals surface area (Å²) in [5.41, 5.74) is 1.23. The van der Waals surface area contributed by atoms with Gasteiger partial charge in [0.25, 0.3) is 5.91 Å². The average Bonchev–Trinajstić information content (AvgIpc) is 3.45. The molecular formula is C23H27ClN4O4S2. The van der Waals surface area contributed by atoms with Crippen LogP contribution >= 0.6 is 34.3 Å². The van der Waals surface area contributed by atoms with Gasteiger partial charge in [-0.25, -0.2) is 4.79 Å². The molecule has 34 heavy (non-hydrogen) atoms. The predicted molar refractivity (Wildman–Crippen MR) is 132 cm³/mol. The number of thiophene rings is 2. The zero-order chi connectivity index (χ0) is 23.8. The third kappa shape index (κ3) is 4.95. The van der Waals surface area contributed by atoms with Gasteiger partial charge in [-0.3, -0.25) is 9.59 Å². The Morgan fingerprint density at radius 2 is 1.91 bits per heavy atom. The molecule has 0 radical (unpaired) electrons. The number of likely N-dealkylation sites (N-methyl/N-ethyl adjacent to an activating group) is 1. The van der Waals surface area contributed by atoms with Gasteiger partial charge in [-0.15, -0.1) is 11.3 Å². The summed E-state index contributed by atoms with van der Waals surface area (Å²) in [5, 5.41) is 3.23. The average molecular weight is 523 g/mol. The van der Waals surface area contributed by atoms with E-state index >= 15 is 0 Å². The van der Waals surface area contributed by atoms with E-state index in [-0.39, 0.29) is 24.4 Å². The molecule has 2 saturated heterocycles. The molecule has 0 aromatic carbocycles. The van der Waals surface area contributed by atoms with Crippen molar-refractivity contribution in [3.05, 3.63) is 37.9 Å². The van der Waals surface area contributed by atoms with Crippen LogP contribution in [0.1, 0.15) is 33.0 Å². The number of likely N-dealkylation sites (tertiary alicyclic amines) is 2. The molecule has 182 valence electrons. The van der Waals surface area contributed by atoms with Gasteiger partial charge in [0.1, 0.15) is 6.04 Å². The van der Waals surface area contributed by atoms with Gasteiger partial charge in [0, 0.05) is 37.6 Å². The molecule has 0 spiro atoms. The number of carbonyl (C=O) groups excluding carboxylic acids is 3. The highest BCUT2D eigenvalue weighted by Gasteiger charge is 2.43. The van der Waals surface area contributed by atoms with Crippen molar-refractivity contribution in [1.82, 2.24) is 20.0 Å². The molecule has 2 atom stereocenters. The van der Waals surface area contributed by atoms with Crippen molar-refractivity contribution in [2.45, 2.75) is 37.8 Å². The fourth-order valence-electron chi connectivity index (χ4n) is 4.64. The van der Waals surface area contributed by atoms with Crippen molar-refractivity contribution < 1.29 is 19.1 Å². The summed E-state index contributed by atoms with van der Waals surface area (Å²) in [6.07, 6.45) is 2.60. The lowest BCUT2D eigenvalue weighted by molar-refractivity contribution is -0.138. The van der Waals surface area contributed by atoms with E-state index in [1.807, 2.05) is 6.07 Å². The number of carbonyl (C=O) groups is 3. The van der Waals surface area contributed by atoms with Gasteiger partial charge in [-0.2, -0.15) is 0 Å². The van der Waals surface area contributed by atoms with Crippen LogP contribution in [0.4, 0.5) is 4.79 Å². The molecule has 2 fully saturated rings. The summed E-state index contributed by atoms with van der Waals surface area (Å²) in [5.74, 6) is -0.171. The van der Waals surface area contributed by atoms with E-state index in [1.54, 1.807) is 33.3 Å². The van der Waals surface area contributed by atoms with Crippen LogP contribution in [0.2, 0.25) is 4.34 Å². The summed E-state index contributed by atoms with van der Waals surface area (Å²) >= 11 is 8.61. The van der Waals surface area contributed by atoms with Gasteiger partial charge >= 0.3 is 6.09 Å². The Morgan fingerprint density at radius 3 is 2.62 bits per heavy atom. The second-order valence-corrected chi connectivity index (χ2v) is 11.9. The second-order valence-electron chi connectivity index (χ2n) is 9.04. The number of ether oxygens (including phenoxy) is 1. The van der Waals surface area contributed by atoms with E-state index in [9.17, 15) is 14.4 Å². The number of hydrogen-bond acceptors (Lipinski definition) is 7. The quantitative estimate of drug-likeness (QED) is 0.667. The molecule has 2 aromatic heterocycles. The third-order valence-electron chi connectivity index (χ3n) is 6.67. The Morgan fingerprint density at radius 1 is 1.12 bits per heavy atom. The van der Waals surface area contributed by atoms with Gasteiger partial charge in [-0.05, 0) is 56.5 Å². The Labute approximate surface area is 211 Å². The zero-order valence-corrected chi connectivity index (χ0v) is 21.3. The SMILES string of the molecule is CN1CCc2cc(C(=O)N3C[C@@H](NC(=O)Oc4ccc(Cl)s4)C[C@@H]3C(=O)N3CCC3)sc2CC1. The summed E-state index contributed by atoms with van der Waals surface area (Å²) < 4.78 is 5.84. The van der Waals surface area contributed by atoms with Crippen molar-refractivity contribution >= 4 is 52.2 Å². The molecule has 11 heteroatoms. The van der Waals surface area contributed by atoms with E-state index in [1.165, 1.54) is 21.8 Å². The van der Waals surface area contributed by atoms with E-state index < -0.39 is 12.1 Å². The maximum absolute atomic E-state index is 13.6. The van der Waals surface area contributed by atoms with Crippen LogP contribution in [-0.4, -0.2) is 84.5 Å². The minimum absolute atomic E-state index is 0.0398. The Kier molecular flexibility index (Phi) is 6.83. The molecule has 5 heterocycles. The maximum atomic E-state index is 13.6. The van der Waals surface area contributed by atoms with E-state index in [4.69, 9.17) is 16.3 Å². The molecule has 1 N–H and O–H groups in total. The molecular weight excluding hydrogens is 496 g/mol. The van der Waals surface area contributed by atoms with Crippen LogP contribution in [0.25, 0.3) is 0 Å². The van der Waals surface area contributed by atoms with Crippen LogP contribution in [-0.2, 0) is 17.6 Å². The van der Waals surface area contributed by atoms with Gasteiger partial charge in [0.05, 0.1) is 15.3 Å². The third-order valence-corrected chi connectivity index (χ3v) is 9.00. The predicted octanol–water partition coefficient (Wildman–Crippen LogP) is 3.10. The number of nitrogens with zero attached hydrogens (tertiary/aromatic N) is 3. The first-order chi connectivity index (χ1) is 16.4.